The first kappa shape index (κ1) is 18.5. The number of amides is 1. The molecule has 0 unspecified atom stereocenters. The number of nitrogens with one attached hydrogen (secondary N) is 1. The highest BCUT2D eigenvalue weighted by molar-refractivity contribution is 6.32. The van der Waals surface area contributed by atoms with Crippen molar-refractivity contribution in [1.82, 2.24) is 9.88 Å². The lowest BCUT2D eigenvalue weighted by Gasteiger charge is -2.35. The zero-order chi connectivity index (χ0) is 18.4. The molecule has 2 heterocycles. The first-order valence-corrected chi connectivity index (χ1v) is 9.05. The van der Waals surface area contributed by atoms with Crippen molar-refractivity contribution >= 4 is 29.0 Å². The van der Waals surface area contributed by atoms with Gasteiger partial charge in [-0.2, -0.15) is 0 Å². The summed E-state index contributed by atoms with van der Waals surface area (Å²) < 4.78 is 5.11. The fraction of sp³-hybridized carbons (Fsp3) is 0.368. The van der Waals surface area contributed by atoms with Crippen LogP contribution in [-0.4, -0.2) is 55.6 Å². The van der Waals surface area contributed by atoms with Crippen LogP contribution < -0.4 is 15.0 Å². The lowest BCUT2D eigenvalue weighted by Crippen LogP contribution is -2.47. The number of carbonyl (C=O) groups excluding carboxylic acids is 1. The number of rotatable bonds is 6. The Bertz CT molecular complexity index is 734. The number of methoxy groups -OCH3 is 1. The molecule has 1 aliphatic heterocycles. The van der Waals surface area contributed by atoms with Gasteiger partial charge in [-0.25, -0.2) is 4.98 Å². The van der Waals surface area contributed by atoms with Crippen molar-refractivity contribution in [3.63, 3.8) is 0 Å². The highest BCUT2D eigenvalue weighted by Gasteiger charge is 2.18. The molecule has 7 heteroatoms. The third kappa shape index (κ3) is 4.86. The number of halogens is 1. The van der Waals surface area contributed by atoms with Gasteiger partial charge in [-0.3, -0.25) is 9.69 Å². The van der Waals surface area contributed by atoms with Gasteiger partial charge in [0.15, 0.2) is 0 Å². The van der Waals surface area contributed by atoms with E-state index >= 15 is 0 Å². The van der Waals surface area contributed by atoms with Crippen LogP contribution in [0.15, 0.2) is 42.6 Å². The summed E-state index contributed by atoms with van der Waals surface area (Å²) >= 11 is 6.08. The molecule has 1 aliphatic rings. The summed E-state index contributed by atoms with van der Waals surface area (Å²) in [6.45, 7) is 4.45. The molecule has 2 aromatic rings. The SMILES string of the molecule is COc1ccc(NC(=O)CCN2CCN(c3ccccn3)CC2)cc1Cl. The number of hydrogen-bond donors (Lipinski definition) is 1. The van der Waals surface area contributed by atoms with Crippen LogP contribution in [-0.2, 0) is 4.79 Å². The second-order valence-corrected chi connectivity index (χ2v) is 6.57. The number of nitrogens with zero attached hydrogens (tertiary/aromatic N) is 3. The maximum absolute atomic E-state index is 12.2. The number of ether oxygens (including phenoxy) is 1. The van der Waals surface area contributed by atoms with E-state index < -0.39 is 0 Å². The van der Waals surface area contributed by atoms with E-state index in [0.29, 0.717) is 22.9 Å². The number of carbonyl (C=O) groups is 1. The molecular formula is C19H23ClN4O2. The number of pyridine rings is 1. The Labute approximate surface area is 158 Å². The molecule has 1 N–H and O–H groups in total. The minimum absolute atomic E-state index is 0.0154. The summed E-state index contributed by atoms with van der Waals surface area (Å²) in [7, 11) is 1.56. The van der Waals surface area contributed by atoms with Crippen molar-refractivity contribution in [2.45, 2.75) is 6.42 Å². The smallest absolute Gasteiger partial charge is 0.225 e. The summed E-state index contributed by atoms with van der Waals surface area (Å²) in [4.78, 5) is 21.1. The van der Waals surface area contributed by atoms with E-state index in [4.69, 9.17) is 16.3 Å². The van der Waals surface area contributed by atoms with E-state index in [1.165, 1.54) is 0 Å². The van der Waals surface area contributed by atoms with Crippen molar-refractivity contribution in [2.24, 2.45) is 0 Å². The number of hydrogen-bond acceptors (Lipinski definition) is 5. The van der Waals surface area contributed by atoms with Gasteiger partial charge in [0.25, 0.3) is 0 Å². The third-order valence-electron chi connectivity index (χ3n) is 4.44. The van der Waals surface area contributed by atoms with Crippen LogP contribution in [0, 0.1) is 0 Å². The minimum atomic E-state index is -0.0154. The monoisotopic (exact) mass is 374 g/mol. The number of benzene rings is 1. The molecular weight excluding hydrogens is 352 g/mol. The summed E-state index contributed by atoms with van der Waals surface area (Å²) in [5.74, 6) is 1.59. The molecule has 0 saturated carbocycles. The Kier molecular flexibility index (Phi) is 6.30. The molecule has 26 heavy (non-hydrogen) atoms. The van der Waals surface area contributed by atoms with Gasteiger partial charge in [-0.05, 0) is 30.3 Å². The second kappa shape index (κ2) is 8.87. The van der Waals surface area contributed by atoms with Crippen LogP contribution in [0.5, 0.6) is 5.75 Å². The van der Waals surface area contributed by atoms with Crippen LogP contribution in [0.3, 0.4) is 0 Å². The van der Waals surface area contributed by atoms with E-state index in [0.717, 1.165) is 38.5 Å². The molecule has 0 spiro atoms. The molecule has 0 bridgehead atoms. The van der Waals surface area contributed by atoms with Gasteiger partial charge in [-0.1, -0.05) is 17.7 Å². The largest absolute Gasteiger partial charge is 0.495 e. The predicted octanol–water partition coefficient (Wildman–Crippen LogP) is 2.89. The lowest BCUT2D eigenvalue weighted by atomic mass is 10.2. The topological polar surface area (TPSA) is 57.7 Å². The molecule has 138 valence electrons. The zero-order valence-corrected chi connectivity index (χ0v) is 15.6. The van der Waals surface area contributed by atoms with Gasteiger partial charge >= 0.3 is 0 Å². The average molecular weight is 375 g/mol. The van der Waals surface area contributed by atoms with Gasteiger partial charge in [0.2, 0.25) is 5.91 Å². The van der Waals surface area contributed by atoms with Crippen LogP contribution in [0.4, 0.5) is 11.5 Å². The van der Waals surface area contributed by atoms with Crippen LogP contribution in [0.2, 0.25) is 5.02 Å². The van der Waals surface area contributed by atoms with Crippen molar-refractivity contribution in [1.29, 1.82) is 0 Å². The van der Waals surface area contributed by atoms with Crippen LogP contribution in [0.25, 0.3) is 0 Å². The van der Waals surface area contributed by atoms with Gasteiger partial charge in [0.1, 0.15) is 11.6 Å². The van der Waals surface area contributed by atoms with E-state index in [9.17, 15) is 4.79 Å². The Morgan fingerprint density at radius 1 is 1.23 bits per heavy atom. The second-order valence-electron chi connectivity index (χ2n) is 6.16. The van der Waals surface area contributed by atoms with E-state index in [2.05, 4.69) is 20.1 Å². The van der Waals surface area contributed by atoms with Crippen LogP contribution >= 0.6 is 11.6 Å². The summed E-state index contributed by atoms with van der Waals surface area (Å²) in [6.07, 6.45) is 2.27. The standard InChI is InChI=1S/C19H23ClN4O2/c1-26-17-6-5-15(14-16(17)20)22-19(25)7-9-23-10-12-24(13-11-23)18-4-2-3-8-21-18/h2-6,8,14H,7,9-13H2,1H3,(H,22,25). The molecule has 0 radical (unpaired) electrons. The van der Waals surface area contributed by atoms with Gasteiger partial charge in [-0.15, -0.1) is 0 Å². The molecule has 1 aromatic carbocycles. The number of aromatic nitrogens is 1. The average Bonchev–Trinajstić information content (AvgIpc) is 2.68. The maximum Gasteiger partial charge on any atom is 0.225 e. The summed E-state index contributed by atoms with van der Waals surface area (Å²) in [6, 6.07) is 11.2. The molecule has 6 nitrogen and oxygen atoms in total. The quantitative estimate of drug-likeness (QED) is 0.842. The Balaban J connectivity index is 1.42. The number of anilines is 2. The van der Waals surface area contributed by atoms with Crippen molar-refractivity contribution in [3.8, 4) is 5.75 Å². The lowest BCUT2D eigenvalue weighted by molar-refractivity contribution is -0.116. The number of piperazine rings is 1. The molecule has 1 saturated heterocycles. The van der Waals surface area contributed by atoms with E-state index in [1.807, 2.05) is 24.4 Å². The molecule has 3 rings (SSSR count). The first-order chi connectivity index (χ1) is 12.7. The van der Waals surface area contributed by atoms with E-state index in [1.54, 1.807) is 25.3 Å². The fourth-order valence-corrected chi connectivity index (χ4v) is 3.23. The minimum Gasteiger partial charge on any atom is -0.495 e. The van der Waals surface area contributed by atoms with Crippen LogP contribution in [0.1, 0.15) is 6.42 Å². The molecule has 0 aliphatic carbocycles. The summed E-state index contributed by atoms with van der Waals surface area (Å²) in [5, 5.41) is 3.36. The van der Waals surface area contributed by atoms with Crippen molar-refractivity contribution in [2.75, 3.05) is 50.1 Å². The third-order valence-corrected chi connectivity index (χ3v) is 4.73. The maximum atomic E-state index is 12.2. The van der Waals surface area contributed by atoms with Gasteiger partial charge < -0.3 is 15.0 Å². The highest BCUT2D eigenvalue weighted by atomic mass is 35.5. The van der Waals surface area contributed by atoms with Crippen molar-refractivity contribution < 1.29 is 9.53 Å². The highest BCUT2D eigenvalue weighted by Crippen LogP contribution is 2.27. The van der Waals surface area contributed by atoms with Gasteiger partial charge in [0, 0.05) is 51.0 Å². The normalized spacial score (nSPS) is 14.9. The molecule has 1 aromatic heterocycles. The van der Waals surface area contributed by atoms with E-state index in [-0.39, 0.29) is 5.91 Å². The first-order valence-electron chi connectivity index (χ1n) is 8.67. The zero-order valence-electron chi connectivity index (χ0n) is 14.8. The molecule has 1 amide bonds. The fourth-order valence-electron chi connectivity index (χ4n) is 2.97. The van der Waals surface area contributed by atoms with Gasteiger partial charge in [0.05, 0.1) is 12.1 Å². The van der Waals surface area contributed by atoms with Crippen molar-refractivity contribution in [3.05, 3.63) is 47.6 Å². The summed E-state index contributed by atoms with van der Waals surface area (Å²) in [5.41, 5.74) is 0.681. The Hall–Kier alpha value is -2.31. The molecule has 0 atom stereocenters. The molecule has 1 fully saturated rings. The Morgan fingerprint density at radius 2 is 2.04 bits per heavy atom. The Morgan fingerprint density at radius 3 is 2.69 bits per heavy atom. The predicted molar refractivity (Wildman–Crippen MR) is 104 cm³/mol.